The normalized spacial score (nSPS) is 13.4. The van der Waals surface area contributed by atoms with Crippen molar-refractivity contribution in [2.75, 3.05) is 0 Å². The number of nitrogens with zero attached hydrogens (tertiary/aromatic N) is 1. The Morgan fingerprint density at radius 3 is 2.24 bits per heavy atom. The minimum Gasteiger partial charge on any atom is -0.443 e. The molecule has 0 bridgehead atoms. The molecule has 33 heavy (non-hydrogen) atoms. The Hall–Kier alpha value is -4.33. The number of carbonyl (C=O) groups excluding carboxylic acids is 5. The number of allylic oxidation sites excluding steroid dienone is 2. The minimum absolute atomic E-state index is 0.0375. The quantitative estimate of drug-likeness (QED) is 0.487. The minimum atomic E-state index is -1.10. The summed E-state index contributed by atoms with van der Waals surface area (Å²) in [5.74, 6) is -3.08. The smallest absolute Gasteiger partial charge is 0.419 e. The molecule has 1 aromatic heterocycles. The zero-order valence-corrected chi connectivity index (χ0v) is 18.2. The van der Waals surface area contributed by atoms with Gasteiger partial charge >= 0.3 is 6.09 Å². The highest BCUT2D eigenvalue weighted by Gasteiger charge is 2.30. The van der Waals surface area contributed by atoms with Gasteiger partial charge in [-0.3, -0.25) is 23.7 Å². The van der Waals surface area contributed by atoms with E-state index in [-0.39, 0.29) is 22.4 Å². The van der Waals surface area contributed by atoms with Gasteiger partial charge in [0.1, 0.15) is 5.60 Å². The molecule has 0 spiro atoms. The van der Waals surface area contributed by atoms with Crippen LogP contribution < -0.4 is 5.32 Å². The van der Waals surface area contributed by atoms with Crippen molar-refractivity contribution in [1.82, 2.24) is 9.88 Å². The van der Waals surface area contributed by atoms with Crippen molar-refractivity contribution in [3.8, 4) is 0 Å². The van der Waals surface area contributed by atoms with Crippen LogP contribution in [0.25, 0.3) is 10.9 Å². The van der Waals surface area contributed by atoms with Crippen LogP contribution in [0.1, 0.15) is 51.8 Å². The summed E-state index contributed by atoms with van der Waals surface area (Å²) in [4.78, 5) is 63.3. The molecule has 8 nitrogen and oxygen atoms in total. The highest BCUT2D eigenvalue weighted by molar-refractivity contribution is 6.46. The SMILES string of the molecule is CC(C)(C)OC(=O)n1cc(C(=O)C(=O)NC2=CC(=O)c3ccccc3C2=O)c2ccccc21. The van der Waals surface area contributed by atoms with Gasteiger partial charge in [-0.05, 0) is 26.8 Å². The maximum absolute atomic E-state index is 13.0. The fourth-order valence-corrected chi connectivity index (χ4v) is 3.53. The van der Waals surface area contributed by atoms with Gasteiger partial charge in [0, 0.05) is 28.8 Å². The van der Waals surface area contributed by atoms with Crippen LogP contribution in [0, 0.1) is 0 Å². The van der Waals surface area contributed by atoms with Crippen LogP contribution in [0.3, 0.4) is 0 Å². The standard InChI is InChI=1S/C25H20N2O6/c1-25(2,3)33-24(32)27-13-17(14-8-6-7-11-19(14)27)22(30)23(31)26-18-12-20(28)15-9-4-5-10-16(15)21(18)29/h4-13H,1-3H3,(H,26,31). The van der Waals surface area contributed by atoms with Crippen LogP contribution in [0.2, 0.25) is 0 Å². The molecule has 8 heteroatoms. The van der Waals surface area contributed by atoms with Gasteiger partial charge in [0.25, 0.3) is 11.7 Å². The van der Waals surface area contributed by atoms with E-state index in [4.69, 9.17) is 4.74 Å². The predicted octanol–water partition coefficient (Wildman–Crippen LogP) is 3.69. The Labute approximate surface area is 188 Å². The molecule has 2 aromatic carbocycles. The van der Waals surface area contributed by atoms with Gasteiger partial charge in [0.2, 0.25) is 5.78 Å². The highest BCUT2D eigenvalue weighted by Crippen LogP contribution is 2.24. The monoisotopic (exact) mass is 444 g/mol. The number of ketones is 3. The molecule has 0 saturated heterocycles. The first-order valence-corrected chi connectivity index (χ1v) is 10.2. The average Bonchev–Trinajstić information content (AvgIpc) is 3.15. The first-order chi connectivity index (χ1) is 15.6. The van der Waals surface area contributed by atoms with Crippen molar-refractivity contribution in [1.29, 1.82) is 0 Å². The number of benzene rings is 2. The number of carbonyl (C=O) groups is 5. The number of para-hydroxylation sites is 1. The van der Waals surface area contributed by atoms with Crippen LogP contribution in [-0.2, 0) is 9.53 Å². The Balaban J connectivity index is 1.64. The molecular weight excluding hydrogens is 424 g/mol. The third kappa shape index (κ3) is 4.10. The van der Waals surface area contributed by atoms with Crippen LogP contribution in [-0.4, -0.2) is 39.5 Å². The lowest BCUT2D eigenvalue weighted by Gasteiger charge is -2.19. The number of amides is 1. The van der Waals surface area contributed by atoms with E-state index in [0.717, 1.165) is 10.6 Å². The van der Waals surface area contributed by atoms with E-state index in [1.54, 1.807) is 57.2 Å². The fourth-order valence-electron chi connectivity index (χ4n) is 3.53. The van der Waals surface area contributed by atoms with E-state index in [0.29, 0.717) is 10.9 Å². The Bertz CT molecular complexity index is 1390. The molecule has 0 aliphatic heterocycles. The van der Waals surface area contributed by atoms with Crippen LogP contribution in [0.4, 0.5) is 4.79 Å². The van der Waals surface area contributed by atoms with Crippen molar-refractivity contribution in [2.24, 2.45) is 0 Å². The third-order valence-corrected chi connectivity index (χ3v) is 4.96. The van der Waals surface area contributed by atoms with Gasteiger partial charge in [-0.15, -0.1) is 0 Å². The molecule has 0 radical (unpaired) electrons. The van der Waals surface area contributed by atoms with Crippen molar-refractivity contribution in [3.05, 3.63) is 83.2 Å². The second kappa shape index (κ2) is 7.98. The van der Waals surface area contributed by atoms with Crippen LogP contribution in [0.15, 0.2) is 66.5 Å². The summed E-state index contributed by atoms with van der Waals surface area (Å²) >= 11 is 0. The lowest BCUT2D eigenvalue weighted by molar-refractivity contribution is -0.116. The summed E-state index contributed by atoms with van der Waals surface area (Å²) in [5, 5.41) is 2.63. The van der Waals surface area contributed by atoms with Crippen molar-refractivity contribution in [3.63, 3.8) is 0 Å². The second-order valence-electron chi connectivity index (χ2n) is 8.49. The number of fused-ring (bicyclic) bond motifs is 2. The number of hydrogen-bond donors (Lipinski definition) is 1. The largest absolute Gasteiger partial charge is 0.443 e. The molecule has 0 saturated carbocycles. The van der Waals surface area contributed by atoms with Gasteiger partial charge in [0.05, 0.1) is 16.8 Å². The topological polar surface area (TPSA) is 112 Å². The van der Waals surface area contributed by atoms with E-state index in [1.165, 1.54) is 18.3 Å². The van der Waals surface area contributed by atoms with Crippen molar-refractivity contribution >= 4 is 40.3 Å². The molecule has 1 heterocycles. The zero-order chi connectivity index (χ0) is 23.9. The van der Waals surface area contributed by atoms with Gasteiger partial charge in [-0.1, -0.05) is 42.5 Å². The first-order valence-electron chi connectivity index (χ1n) is 10.2. The molecular formula is C25H20N2O6. The maximum atomic E-state index is 13.0. The lowest BCUT2D eigenvalue weighted by Crippen LogP contribution is -2.35. The zero-order valence-electron chi connectivity index (χ0n) is 18.2. The summed E-state index contributed by atoms with van der Waals surface area (Å²) in [6.07, 6.45) is 1.53. The molecule has 166 valence electrons. The molecule has 0 unspecified atom stereocenters. The Kier molecular flexibility index (Phi) is 5.29. The van der Waals surface area contributed by atoms with Crippen LogP contribution >= 0.6 is 0 Å². The summed E-state index contributed by atoms with van der Waals surface area (Å²) in [5.41, 5.74) is -0.320. The Morgan fingerprint density at radius 1 is 0.909 bits per heavy atom. The molecule has 0 atom stereocenters. The fraction of sp³-hybridized carbons (Fsp3) is 0.160. The van der Waals surface area contributed by atoms with Gasteiger partial charge in [-0.25, -0.2) is 4.79 Å². The average molecular weight is 444 g/mol. The van der Waals surface area contributed by atoms with E-state index < -0.39 is 35.0 Å². The second-order valence-corrected chi connectivity index (χ2v) is 8.49. The number of rotatable bonds is 3. The molecule has 1 aliphatic carbocycles. The molecule has 3 aromatic rings. The van der Waals surface area contributed by atoms with Crippen molar-refractivity contribution < 1.29 is 28.7 Å². The molecule has 4 rings (SSSR count). The summed E-state index contributed by atoms with van der Waals surface area (Å²) in [6, 6.07) is 12.8. The van der Waals surface area contributed by atoms with Gasteiger partial charge in [-0.2, -0.15) is 0 Å². The molecule has 0 fully saturated rings. The molecule has 1 amide bonds. The lowest BCUT2D eigenvalue weighted by atomic mass is 9.92. The van der Waals surface area contributed by atoms with Gasteiger partial charge in [0.15, 0.2) is 5.78 Å². The van der Waals surface area contributed by atoms with E-state index in [2.05, 4.69) is 5.32 Å². The first kappa shape index (κ1) is 21.9. The number of nitrogens with one attached hydrogen (secondary N) is 1. The predicted molar refractivity (Wildman–Crippen MR) is 119 cm³/mol. The van der Waals surface area contributed by atoms with E-state index in [9.17, 15) is 24.0 Å². The highest BCUT2D eigenvalue weighted by atomic mass is 16.6. The molecule has 1 aliphatic rings. The number of aromatic nitrogens is 1. The Morgan fingerprint density at radius 2 is 1.55 bits per heavy atom. The summed E-state index contributed by atoms with van der Waals surface area (Å²) in [6.45, 7) is 5.14. The third-order valence-electron chi connectivity index (χ3n) is 4.96. The van der Waals surface area contributed by atoms with Crippen molar-refractivity contribution in [2.45, 2.75) is 26.4 Å². The summed E-state index contributed by atoms with van der Waals surface area (Å²) in [7, 11) is 0. The summed E-state index contributed by atoms with van der Waals surface area (Å²) < 4.78 is 6.55. The van der Waals surface area contributed by atoms with E-state index >= 15 is 0 Å². The van der Waals surface area contributed by atoms with Crippen LogP contribution in [0.5, 0.6) is 0 Å². The molecule has 1 N–H and O–H groups in total. The maximum Gasteiger partial charge on any atom is 0.419 e. The number of Topliss-reactive ketones (excluding diaryl/α,β-unsaturated/α-hetero) is 2. The van der Waals surface area contributed by atoms with Gasteiger partial charge < -0.3 is 10.1 Å². The number of ether oxygens (including phenoxy) is 1. The number of hydrogen-bond acceptors (Lipinski definition) is 6. The van der Waals surface area contributed by atoms with E-state index in [1.807, 2.05) is 0 Å².